The minimum atomic E-state index is -4.96. The summed E-state index contributed by atoms with van der Waals surface area (Å²) in [6, 6.07) is 0. The SMILES string of the molecule is C.CC(C)(C)OC(=O)N1CC(O)C(CN)C1.CC(C)(C)OC(=O)N1CC(O)C(CNC(=O)C(F)(F)F)C1.CCC1CN(C(=O)OC(C)(C)C)CC1O.Cl.O=C(NCC1CNCC1O)C(F)(F)F. The maximum Gasteiger partial charge on any atom is 0.471 e. The van der Waals surface area contributed by atoms with Crippen LogP contribution in [-0.4, -0.2) is 191 Å². The van der Waals surface area contributed by atoms with Gasteiger partial charge < -0.3 is 71.0 Å². The van der Waals surface area contributed by atoms with Crippen LogP contribution in [0.1, 0.15) is 83.1 Å². The summed E-state index contributed by atoms with van der Waals surface area (Å²) in [5.74, 6) is -4.87. The zero-order valence-electron chi connectivity index (χ0n) is 39.3. The number of likely N-dealkylation sites (tertiary alicyclic amines) is 3. The van der Waals surface area contributed by atoms with Gasteiger partial charge in [0, 0.05) is 69.5 Å². The van der Waals surface area contributed by atoms with E-state index in [0.29, 0.717) is 45.8 Å². The van der Waals surface area contributed by atoms with Crippen LogP contribution in [-0.2, 0) is 23.8 Å². The topological polar surface area (TPSA) is 266 Å². The molecule has 0 aliphatic carbocycles. The molecule has 4 fully saturated rings. The van der Waals surface area contributed by atoms with Crippen LogP contribution in [0.15, 0.2) is 0 Å². The zero-order chi connectivity index (χ0) is 50.5. The van der Waals surface area contributed by atoms with Gasteiger partial charge in [-0.2, -0.15) is 26.3 Å². The average Bonchev–Trinajstić information content (AvgIpc) is 3.93. The second-order valence-corrected chi connectivity index (χ2v) is 19.2. The van der Waals surface area contributed by atoms with Crippen molar-refractivity contribution in [2.75, 3.05) is 72.0 Å². The van der Waals surface area contributed by atoms with Gasteiger partial charge in [0.15, 0.2) is 0 Å². The monoisotopic (exact) mass is 1010 g/mol. The fourth-order valence-corrected chi connectivity index (χ4v) is 6.40. The van der Waals surface area contributed by atoms with Crippen LogP contribution in [0.3, 0.4) is 0 Å². The van der Waals surface area contributed by atoms with Gasteiger partial charge in [-0.05, 0) is 75.3 Å². The quantitative estimate of drug-likeness (QED) is 0.141. The first kappa shape index (κ1) is 65.5. The van der Waals surface area contributed by atoms with E-state index in [1.165, 1.54) is 9.80 Å². The first-order valence-electron chi connectivity index (χ1n) is 21.2. The molecule has 0 aromatic carbocycles. The Morgan fingerprint density at radius 3 is 1.13 bits per heavy atom. The number of carbonyl (C=O) groups is 5. The minimum absolute atomic E-state index is 0. The third kappa shape index (κ3) is 25.0. The molecule has 67 heavy (non-hydrogen) atoms. The number of halogens is 7. The molecule has 5 amide bonds. The van der Waals surface area contributed by atoms with E-state index in [4.69, 9.17) is 19.9 Å². The van der Waals surface area contributed by atoms with Crippen LogP contribution >= 0.6 is 12.4 Å². The van der Waals surface area contributed by atoms with Crippen molar-refractivity contribution >= 4 is 42.5 Å². The van der Waals surface area contributed by atoms with E-state index in [1.807, 2.05) is 48.5 Å². The van der Waals surface area contributed by atoms with Crippen molar-refractivity contribution in [1.82, 2.24) is 30.7 Å². The molecular weight excluding hydrogens is 932 g/mol. The smallest absolute Gasteiger partial charge is 0.444 e. The normalized spacial score (nSPS) is 25.1. The van der Waals surface area contributed by atoms with Gasteiger partial charge in [0.2, 0.25) is 0 Å². The van der Waals surface area contributed by atoms with Crippen LogP contribution in [0, 0.1) is 23.7 Å². The van der Waals surface area contributed by atoms with E-state index in [1.54, 1.807) is 36.3 Å². The van der Waals surface area contributed by atoms with Crippen LogP contribution in [0.5, 0.6) is 0 Å². The molecule has 4 aliphatic heterocycles. The highest BCUT2D eigenvalue weighted by molar-refractivity contribution is 5.85. The lowest BCUT2D eigenvalue weighted by molar-refractivity contribution is -0.173. The van der Waals surface area contributed by atoms with Crippen molar-refractivity contribution in [2.45, 2.75) is 137 Å². The third-order valence-corrected chi connectivity index (χ3v) is 9.87. The highest BCUT2D eigenvalue weighted by Gasteiger charge is 2.42. The molecule has 9 N–H and O–H groups in total. The standard InChI is InChI=1S/C12H19F3N2O4.C11H21NO3.C10H20N2O3.C7H11F3N2O2.CH4.ClH/c1-11(2,3)21-10(20)17-5-7(8(18)6-17)4-16-9(19)12(13,14)15;1-5-8-6-12(7-9(8)13)10(14)15-11(2,3)4;1-10(2,3)15-9(14)12-5-7(4-11)8(13)6-12;8-7(9,10)6(14)12-2-4-1-11-3-5(4)13;;/h7-8,18H,4-6H2,1-3H3,(H,16,19);8-9,13H,5-7H2,1-4H3;7-8,13H,4-6,11H2,1-3H3;4-5,11,13H,1-3H2,(H,12,14);1H4;1H. The van der Waals surface area contributed by atoms with E-state index in [-0.39, 0.29) is 76.0 Å². The van der Waals surface area contributed by atoms with Crippen LogP contribution in [0.4, 0.5) is 40.7 Å². The Bertz CT molecular complexity index is 1500. The Balaban J connectivity index is 0. The van der Waals surface area contributed by atoms with Gasteiger partial charge in [0.25, 0.3) is 0 Å². The first-order valence-corrected chi connectivity index (χ1v) is 21.2. The van der Waals surface area contributed by atoms with Crippen molar-refractivity contribution in [3.8, 4) is 0 Å². The Morgan fingerprint density at radius 1 is 0.552 bits per heavy atom. The van der Waals surface area contributed by atoms with Crippen molar-refractivity contribution < 1.29 is 85.0 Å². The zero-order valence-corrected chi connectivity index (χ0v) is 40.1. The number of nitrogens with zero attached hydrogens (tertiary/aromatic N) is 3. The number of β-amino-alcohol motifs (C(OH)–C–C–N with tert-alkyl or cyclic N) is 4. The molecular formula is C41H76ClF6N7O12. The summed E-state index contributed by atoms with van der Waals surface area (Å²) in [4.78, 5) is 60.5. The number of carbonyl (C=O) groups excluding carboxylic acids is 5. The maximum atomic E-state index is 12.1. The lowest BCUT2D eigenvalue weighted by Gasteiger charge is -2.24. The van der Waals surface area contributed by atoms with Crippen LogP contribution in [0.2, 0.25) is 0 Å². The van der Waals surface area contributed by atoms with Gasteiger partial charge in [-0.15, -0.1) is 12.4 Å². The summed E-state index contributed by atoms with van der Waals surface area (Å²) >= 11 is 0. The molecule has 19 nitrogen and oxygen atoms in total. The molecule has 4 rings (SSSR count). The van der Waals surface area contributed by atoms with Crippen LogP contribution < -0.4 is 21.7 Å². The number of alkyl halides is 6. The molecule has 8 unspecified atom stereocenters. The fourth-order valence-electron chi connectivity index (χ4n) is 6.40. The highest BCUT2D eigenvalue weighted by Crippen LogP contribution is 2.24. The molecule has 0 bridgehead atoms. The minimum Gasteiger partial charge on any atom is -0.444 e. The molecule has 0 aromatic heterocycles. The summed E-state index contributed by atoms with van der Waals surface area (Å²) < 4.78 is 86.9. The van der Waals surface area contributed by atoms with Crippen molar-refractivity contribution in [3.05, 3.63) is 0 Å². The first-order chi connectivity index (χ1) is 29.5. The van der Waals surface area contributed by atoms with E-state index in [9.17, 15) is 70.7 Å². The molecule has 4 saturated heterocycles. The number of hydrogen-bond acceptors (Lipinski definition) is 14. The fraction of sp³-hybridized carbons (Fsp3) is 0.878. The molecule has 4 aliphatic rings. The maximum absolute atomic E-state index is 12.1. The number of aliphatic hydroxyl groups excluding tert-OH is 4. The van der Waals surface area contributed by atoms with E-state index in [0.717, 1.165) is 6.42 Å². The Morgan fingerprint density at radius 2 is 0.866 bits per heavy atom. The molecule has 4 heterocycles. The van der Waals surface area contributed by atoms with E-state index >= 15 is 0 Å². The highest BCUT2D eigenvalue weighted by atomic mass is 35.5. The van der Waals surface area contributed by atoms with Crippen molar-refractivity contribution in [3.63, 3.8) is 0 Å². The molecule has 0 saturated carbocycles. The number of hydrogen-bond donors (Lipinski definition) is 8. The Hall–Kier alpha value is -3.62. The van der Waals surface area contributed by atoms with Gasteiger partial charge in [-0.25, -0.2) is 14.4 Å². The number of nitrogens with one attached hydrogen (secondary N) is 3. The summed E-state index contributed by atoms with van der Waals surface area (Å²) in [6.07, 6.45) is -12.9. The largest absolute Gasteiger partial charge is 0.471 e. The molecule has 0 spiro atoms. The second-order valence-electron chi connectivity index (χ2n) is 19.2. The van der Waals surface area contributed by atoms with E-state index < -0.39 is 77.4 Å². The lowest BCUT2D eigenvalue weighted by Crippen LogP contribution is -2.41. The average molecular weight is 1010 g/mol. The summed E-state index contributed by atoms with van der Waals surface area (Å²) in [7, 11) is 0. The Labute approximate surface area is 395 Å². The number of aliphatic hydroxyl groups is 4. The third-order valence-electron chi connectivity index (χ3n) is 9.87. The number of ether oxygens (including phenoxy) is 3. The van der Waals surface area contributed by atoms with Gasteiger partial charge in [0.05, 0.1) is 44.1 Å². The summed E-state index contributed by atoms with van der Waals surface area (Å²) in [6.45, 7) is 20.4. The van der Waals surface area contributed by atoms with Gasteiger partial charge in [0.1, 0.15) is 16.8 Å². The summed E-state index contributed by atoms with van der Waals surface area (Å²) in [5, 5.41) is 44.4. The molecule has 396 valence electrons. The number of nitrogens with two attached hydrogens (primary N) is 1. The van der Waals surface area contributed by atoms with Crippen molar-refractivity contribution in [2.24, 2.45) is 29.4 Å². The molecule has 0 aromatic rings. The number of rotatable bonds is 6. The van der Waals surface area contributed by atoms with Gasteiger partial charge in [-0.3, -0.25) is 9.59 Å². The second kappa shape index (κ2) is 27.5. The molecule has 26 heteroatoms. The lowest BCUT2D eigenvalue weighted by atomic mass is 10.0. The van der Waals surface area contributed by atoms with Crippen LogP contribution in [0.25, 0.3) is 0 Å². The predicted molar refractivity (Wildman–Crippen MR) is 236 cm³/mol. The molecule has 0 radical (unpaired) electrons. The predicted octanol–water partition coefficient (Wildman–Crippen LogP) is 2.99. The molecule has 8 atom stereocenters. The van der Waals surface area contributed by atoms with Gasteiger partial charge in [-0.1, -0.05) is 14.4 Å². The number of amides is 5. The summed E-state index contributed by atoms with van der Waals surface area (Å²) in [5.41, 5.74) is 3.81. The Kier molecular flexibility index (Phi) is 26.9. The van der Waals surface area contributed by atoms with E-state index in [2.05, 4.69) is 5.32 Å². The van der Waals surface area contributed by atoms with Gasteiger partial charge >= 0.3 is 42.4 Å². The van der Waals surface area contributed by atoms with Crippen molar-refractivity contribution in [1.29, 1.82) is 0 Å².